The number of carbonyl (C=O) groups is 2. The quantitative estimate of drug-likeness (QED) is 0.540. The van der Waals surface area contributed by atoms with E-state index < -0.39 is 11.9 Å². The highest BCUT2D eigenvalue weighted by Crippen LogP contribution is 2.15. The van der Waals surface area contributed by atoms with Crippen LogP contribution in [0.15, 0.2) is 0 Å². The minimum atomic E-state index is -0.831. The minimum absolute atomic E-state index is 0.194. The molecule has 0 spiro atoms. The molecular weight excluding hydrogens is 208 g/mol. The first-order valence-corrected chi connectivity index (χ1v) is 5.34. The zero-order chi connectivity index (χ0) is 12.0. The number of carboxylic acids is 1. The van der Waals surface area contributed by atoms with Gasteiger partial charge in [-0.05, 0) is 12.8 Å². The van der Waals surface area contributed by atoms with E-state index in [1.54, 1.807) is 0 Å². The Kier molecular flexibility index (Phi) is 4.65. The summed E-state index contributed by atoms with van der Waals surface area (Å²) >= 11 is 0. The molecular formula is C11H16N2O3. The van der Waals surface area contributed by atoms with Crippen LogP contribution in [0, 0.1) is 18.3 Å². The summed E-state index contributed by atoms with van der Waals surface area (Å²) in [5.74, 6) is 1.24. The van der Waals surface area contributed by atoms with Crippen LogP contribution in [-0.2, 0) is 4.79 Å². The molecule has 2 amide bonds. The number of nitrogens with zero attached hydrogens (tertiary/aromatic N) is 1. The molecule has 1 unspecified atom stereocenters. The van der Waals surface area contributed by atoms with Crippen LogP contribution in [-0.4, -0.2) is 41.6 Å². The van der Waals surface area contributed by atoms with Crippen LogP contribution in [0.1, 0.15) is 19.3 Å². The van der Waals surface area contributed by atoms with Gasteiger partial charge in [-0.3, -0.25) is 4.79 Å². The fraction of sp³-hybridized carbons (Fsp3) is 0.636. The van der Waals surface area contributed by atoms with Gasteiger partial charge in [0.15, 0.2) is 0 Å². The third-order valence-electron chi connectivity index (χ3n) is 2.60. The molecule has 1 atom stereocenters. The van der Waals surface area contributed by atoms with Crippen LogP contribution in [0.2, 0.25) is 0 Å². The van der Waals surface area contributed by atoms with Crippen LogP contribution < -0.4 is 5.32 Å². The lowest BCUT2D eigenvalue weighted by atomic mass is 10.1. The van der Waals surface area contributed by atoms with E-state index in [9.17, 15) is 9.59 Å². The second-order valence-electron chi connectivity index (χ2n) is 3.81. The fourth-order valence-corrected chi connectivity index (χ4v) is 1.64. The number of terminal acetylenes is 1. The number of amides is 2. The molecule has 0 aromatic rings. The monoisotopic (exact) mass is 224 g/mol. The van der Waals surface area contributed by atoms with E-state index in [1.165, 1.54) is 4.90 Å². The Balaban J connectivity index is 2.23. The predicted octanol–water partition coefficient (Wildman–Crippen LogP) is 0.516. The molecule has 1 fully saturated rings. The maximum atomic E-state index is 11.5. The molecule has 0 saturated carbocycles. The van der Waals surface area contributed by atoms with Gasteiger partial charge in [-0.1, -0.05) is 0 Å². The fourth-order valence-electron chi connectivity index (χ4n) is 1.64. The first-order chi connectivity index (χ1) is 7.65. The number of nitrogens with one attached hydrogen (secondary N) is 1. The van der Waals surface area contributed by atoms with Crippen molar-refractivity contribution in [1.29, 1.82) is 0 Å². The summed E-state index contributed by atoms with van der Waals surface area (Å²) in [6.45, 7) is 1.35. The largest absolute Gasteiger partial charge is 0.481 e. The van der Waals surface area contributed by atoms with E-state index in [2.05, 4.69) is 11.2 Å². The molecule has 1 heterocycles. The molecule has 1 saturated heterocycles. The SMILES string of the molecule is C#CCCCNC(=O)N1CCC(C(=O)O)C1. The van der Waals surface area contributed by atoms with Crippen LogP contribution in [0.3, 0.4) is 0 Å². The molecule has 1 aliphatic heterocycles. The summed E-state index contributed by atoms with van der Waals surface area (Å²) in [4.78, 5) is 23.8. The standard InChI is InChI=1S/C11H16N2O3/c1-2-3-4-6-12-11(16)13-7-5-9(8-13)10(14)15/h1,9H,3-8H2,(H,12,16)(H,14,15). The lowest BCUT2D eigenvalue weighted by Crippen LogP contribution is -2.39. The van der Waals surface area contributed by atoms with Crippen molar-refractivity contribution >= 4 is 12.0 Å². The summed E-state index contributed by atoms with van der Waals surface area (Å²) < 4.78 is 0. The number of carbonyl (C=O) groups excluding carboxylic acids is 1. The van der Waals surface area contributed by atoms with Crippen molar-refractivity contribution in [3.8, 4) is 12.3 Å². The van der Waals surface area contributed by atoms with Gasteiger partial charge < -0.3 is 15.3 Å². The topological polar surface area (TPSA) is 69.6 Å². The number of unbranched alkanes of at least 4 members (excludes halogenated alkanes) is 1. The number of likely N-dealkylation sites (tertiary alicyclic amines) is 1. The third kappa shape index (κ3) is 3.46. The zero-order valence-corrected chi connectivity index (χ0v) is 9.11. The number of hydrogen-bond acceptors (Lipinski definition) is 2. The van der Waals surface area contributed by atoms with Crippen molar-refractivity contribution in [3.63, 3.8) is 0 Å². The molecule has 5 heteroatoms. The van der Waals surface area contributed by atoms with Crippen molar-refractivity contribution in [2.24, 2.45) is 5.92 Å². The molecule has 2 N–H and O–H groups in total. The van der Waals surface area contributed by atoms with Crippen molar-refractivity contribution in [3.05, 3.63) is 0 Å². The van der Waals surface area contributed by atoms with Gasteiger partial charge in [-0.25, -0.2) is 4.79 Å². The second-order valence-corrected chi connectivity index (χ2v) is 3.81. The lowest BCUT2D eigenvalue weighted by Gasteiger charge is -2.16. The van der Waals surface area contributed by atoms with Crippen molar-refractivity contribution in [2.45, 2.75) is 19.3 Å². The highest BCUT2D eigenvalue weighted by atomic mass is 16.4. The van der Waals surface area contributed by atoms with Crippen LogP contribution >= 0.6 is 0 Å². The predicted molar refractivity (Wildman–Crippen MR) is 58.8 cm³/mol. The van der Waals surface area contributed by atoms with Gasteiger partial charge >= 0.3 is 12.0 Å². The molecule has 0 aromatic heterocycles. The van der Waals surface area contributed by atoms with E-state index in [-0.39, 0.29) is 6.03 Å². The van der Waals surface area contributed by atoms with E-state index in [4.69, 9.17) is 11.5 Å². The maximum Gasteiger partial charge on any atom is 0.317 e. The molecule has 88 valence electrons. The molecule has 0 aliphatic carbocycles. The summed E-state index contributed by atoms with van der Waals surface area (Å²) in [7, 11) is 0. The molecule has 16 heavy (non-hydrogen) atoms. The second kappa shape index (κ2) is 6.01. The zero-order valence-electron chi connectivity index (χ0n) is 9.11. The Hall–Kier alpha value is -1.70. The summed E-state index contributed by atoms with van der Waals surface area (Å²) in [5.41, 5.74) is 0. The van der Waals surface area contributed by atoms with E-state index in [0.29, 0.717) is 32.5 Å². The van der Waals surface area contributed by atoms with Gasteiger partial charge in [0.25, 0.3) is 0 Å². The van der Waals surface area contributed by atoms with Gasteiger partial charge in [0.2, 0.25) is 0 Å². The number of carboxylic acid groups (broad SMARTS) is 1. The van der Waals surface area contributed by atoms with E-state index >= 15 is 0 Å². The van der Waals surface area contributed by atoms with Gasteiger partial charge in [0, 0.05) is 26.1 Å². The van der Waals surface area contributed by atoms with Crippen LogP contribution in [0.4, 0.5) is 4.79 Å². The molecule has 0 aromatic carbocycles. The Morgan fingerprint density at radius 1 is 1.56 bits per heavy atom. The average Bonchev–Trinajstić information content (AvgIpc) is 2.73. The highest BCUT2D eigenvalue weighted by Gasteiger charge is 2.30. The number of aliphatic carboxylic acids is 1. The normalized spacial score (nSPS) is 19.2. The number of rotatable bonds is 4. The van der Waals surface area contributed by atoms with Crippen LogP contribution in [0.5, 0.6) is 0 Å². The molecule has 0 bridgehead atoms. The van der Waals surface area contributed by atoms with Gasteiger partial charge in [0.1, 0.15) is 0 Å². The van der Waals surface area contributed by atoms with Crippen molar-refractivity contribution < 1.29 is 14.7 Å². The Bertz CT molecular complexity index is 309. The molecule has 5 nitrogen and oxygen atoms in total. The summed E-state index contributed by atoms with van der Waals surface area (Å²) in [5, 5.41) is 11.5. The minimum Gasteiger partial charge on any atom is -0.481 e. The van der Waals surface area contributed by atoms with Gasteiger partial charge in [-0.2, -0.15) is 0 Å². The first kappa shape index (κ1) is 12.4. The highest BCUT2D eigenvalue weighted by molar-refractivity contribution is 5.77. The third-order valence-corrected chi connectivity index (χ3v) is 2.60. The van der Waals surface area contributed by atoms with Crippen LogP contribution in [0.25, 0.3) is 0 Å². The lowest BCUT2D eigenvalue weighted by molar-refractivity contribution is -0.141. The average molecular weight is 224 g/mol. The maximum absolute atomic E-state index is 11.5. The van der Waals surface area contributed by atoms with E-state index in [1.807, 2.05) is 0 Å². The van der Waals surface area contributed by atoms with Crippen molar-refractivity contribution in [1.82, 2.24) is 10.2 Å². The Morgan fingerprint density at radius 3 is 2.88 bits per heavy atom. The van der Waals surface area contributed by atoms with E-state index in [0.717, 1.165) is 6.42 Å². The molecule has 1 aliphatic rings. The smallest absolute Gasteiger partial charge is 0.317 e. The first-order valence-electron chi connectivity index (χ1n) is 5.34. The van der Waals surface area contributed by atoms with Crippen molar-refractivity contribution in [2.75, 3.05) is 19.6 Å². The summed E-state index contributed by atoms with van der Waals surface area (Å²) in [6.07, 6.45) is 7.00. The number of urea groups is 1. The molecule has 1 rings (SSSR count). The Labute approximate surface area is 94.8 Å². The van der Waals surface area contributed by atoms with Gasteiger partial charge in [-0.15, -0.1) is 12.3 Å². The van der Waals surface area contributed by atoms with Gasteiger partial charge in [0.05, 0.1) is 5.92 Å². The Morgan fingerprint density at radius 2 is 2.31 bits per heavy atom. The summed E-state index contributed by atoms with van der Waals surface area (Å²) in [6, 6.07) is -0.194. The molecule has 0 radical (unpaired) electrons. The number of hydrogen-bond donors (Lipinski definition) is 2.